The van der Waals surface area contributed by atoms with Crippen LogP contribution < -0.4 is 5.56 Å². The lowest BCUT2D eigenvalue weighted by molar-refractivity contribution is 0.242. The molecule has 0 fully saturated rings. The maximum absolute atomic E-state index is 12.7. The van der Waals surface area contributed by atoms with Crippen LogP contribution in [-0.4, -0.2) is 26.4 Å². The Morgan fingerprint density at radius 3 is 2.93 bits per heavy atom. The lowest BCUT2D eigenvalue weighted by Crippen LogP contribution is -2.35. The van der Waals surface area contributed by atoms with Crippen LogP contribution in [0.4, 0.5) is 0 Å². The van der Waals surface area contributed by atoms with Gasteiger partial charge < -0.3 is 9.97 Å². The predicted octanol–water partition coefficient (Wildman–Crippen LogP) is 3.85. The smallest absolute Gasteiger partial charge is 0.255 e. The minimum atomic E-state index is -0.0104. The first kappa shape index (κ1) is 16.5. The molecule has 6 heteroatoms. The molecule has 0 amide bonds. The molecule has 5 nitrogen and oxygen atoms in total. The van der Waals surface area contributed by atoms with Crippen molar-refractivity contribution < 1.29 is 0 Å². The molecular formula is C21H20N4OS. The van der Waals surface area contributed by atoms with E-state index in [1.54, 1.807) is 11.3 Å². The fraction of sp³-hybridized carbons (Fsp3) is 0.238. The molecule has 2 N–H and O–H groups in total. The van der Waals surface area contributed by atoms with Crippen molar-refractivity contribution in [1.82, 2.24) is 19.9 Å². The third-order valence-electron chi connectivity index (χ3n) is 5.31. The summed E-state index contributed by atoms with van der Waals surface area (Å²) in [5.74, 6) is 0.690. The van der Waals surface area contributed by atoms with E-state index in [-0.39, 0.29) is 5.56 Å². The second-order valence-corrected chi connectivity index (χ2v) is 8.00. The maximum Gasteiger partial charge on any atom is 0.255 e. The summed E-state index contributed by atoms with van der Waals surface area (Å²) in [6.07, 6.45) is 0.805. The molecular weight excluding hydrogens is 356 g/mol. The van der Waals surface area contributed by atoms with E-state index in [0.29, 0.717) is 12.4 Å². The molecule has 1 aliphatic rings. The van der Waals surface area contributed by atoms with Crippen LogP contribution in [0.25, 0.3) is 21.6 Å². The predicted molar refractivity (Wildman–Crippen MR) is 109 cm³/mol. The molecule has 27 heavy (non-hydrogen) atoms. The highest BCUT2D eigenvalue weighted by atomic mass is 32.1. The number of nitrogens with one attached hydrogen (secondary N) is 2. The standard InChI is InChI=1S/C21H20N4OS/c1-13-15(14-5-2-3-6-17(14)22-13)11-25-9-8-18-16(12-25)21(26)24-20(23-18)19-7-4-10-27-19/h2-7,10,22H,8-9,11-12H2,1H3,(H,23,24,26). The van der Waals surface area contributed by atoms with Crippen LogP contribution in [0.2, 0.25) is 0 Å². The lowest BCUT2D eigenvalue weighted by Gasteiger charge is -2.27. The Morgan fingerprint density at radius 1 is 1.19 bits per heavy atom. The van der Waals surface area contributed by atoms with E-state index >= 15 is 0 Å². The first-order valence-electron chi connectivity index (χ1n) is 9.13. The number of hydrogen-bond donors (Lipinski definition) is 2. The third-order valence-corrected chi connectivity index (χ3v) is 6.19. The van der Waals surface area contributed by atoms with Crippen molar-refractivity contribution in [2.75, 3.05) is 6.54 Å². The van der Waals surface area contributed by atoms with Gasteiger partial charge in [-0.15, -0.1) is 11.3 Å². The number of H-pyrrole nitrogens is 2. The van der Waals surface area contributed by atoms with Crippen LogP contribution >= 0.6 is 11.3 Å². The average molecular weight is 376 g/mol. The van der Waals surface area contributed by atoms with Gasteiger partial charge in [-0.3, -0.25) is 9.69 Å². The highest BCUT2D eigenvalue weighted by molar-refractivity contribution is 7.13. The van der Waals surface area contributed by atoms with Crippen LogP contribution in [0.5, 0.6) is 0 Å². The Kier molecular flexibility index (Phi) is 3.95. The van der Waals surface area contributed by atoms with E-state index in [4.69, 9.17) is 4.98 Å². The Balaban J connectivity index is 1.44. The summed E-state index contributed by atoms with van der Waals surface area (Å²) >= 11 is 1.59. The summed E-state index contributed by atoms with van der Waals surface area (Å²) in [5, 5.41) is 3.26. The van der Waals surface area contributed by atoms with Gasteiger partial charge in [0.15, 0.2) is 5.82 Å². The van der Waals surface area contributed by atoms with E-state index in [1.807, 2.05) is 17.5 Å². The lowest BCUT2D eigenvalue weighted by atomic mass is 10.0. The van der Waals surface area contributed by atoms with Crippen molar-refractivity contribution in [2.45, 2.75) is 26.4 Å². The van der Waals surface area contributed by atoms with Crippen LogP contribution in [-0.2, 0) is 19.5 Å². The molecule has 0 saturated carbocycles. The number of rotatable bonds is 3. The number of benzene rings is 1. The fourth-order valence-corrected chi connectivity index (χ4v) is 4.58. The van der Waals surface area contributed by atoms with E-state index < -0.39 is 0 Å². The molecule has 4 aromatic rings. The van der Waals surface area contributed by atoms with Gasteiger partial charge in [-0.1, -0.05) is 24.3 Å². The van der Waals surface area contributed by atoms with Gasteiger partial charge in [0.05, 0.1) is 16.1 Å². The van der Waals surface area contributed by atoms with Crippen molar-refractivity contribution in [3.8, 4) is 10.7 Å². The van der Waals surface area contributed by atoms with Gasteiger partial charge in [0.1, 0.15) is 0 Å². The Hall–Kier alpha value is -2.70. The third kappa shape index (κ3) is 2.91. The van der Waals surface area contributed by atoms with Gasteiger partial charge in [0.25, 0.3) is 5.56 Å². The number of aromatic nitrogens is 3. The molecule has 0 spiro atoms. The molecule has 0 radical (unpaired) electrons. The van der Waals surface area contributed by atoms with Gasteiger partial charge in [0, 0.05) is 42.7 Å². The number of nitrogens with zero attached hydrogens (tertiary/aromatic N) is 2. The van der Waals surface area contributed by atoms with Crippen LogP contribution in [0, 0.1) is 6.92 Å². The summed E-state index contributed by atoms with van der Waals surface area (Å²) in [6, 6.07) is 12.4. The Morgan fingerprint density at radius 2 is 2.07 bits per heavy atom. The average Bonchev–Trinajstić information content (AvgIpc) is 3.31. The quantitative estimate of drug-likeness (QED) is 0.571. The molecule has 0 aliphatic carbocycles. The molecule has 0 saturated heterocycles. The van der Waals surface area contributed by atoms with E-state index in [9.17, 15) is 4.79 Å². The van der Waals surface area contributed by atoms with E-state index in [1.165, 1.54) is 22.2 Å². The molecule has 0 atom stereocenters. The monoisotopic (exact) mass is 376 g/mol. The number of thiophene rings is 1. The van der Waals surface area contributed by atoms with Crippen LogP contribution in [0.15, 0.2) is 46.6 Å². The van der Waals surface area contributed by atoms with Gasteiger partial charge in [0.2, 0.25) is 0 Å². The van der Waals surface area contributed by atoms with E-state index in [0.717, 1.165) is 35.6 Å². The van der Waals surface area contributed by atoms with Gasteiger partial charge in [-0.2, -0.15) is 0 Å². The highest BCUT2D eigenvalue weighted by Crippen LogP contribution is 2.26. The number of hydrogen-bond acceptors (Lipinski definition) is 4. The van der Waals surface area contributed by atoms with Crippen LogP contribution in [0.3, 0.4) is 0 Å². The highest BCUT2D eigenvalue weighted by Gasteiger charge is 2.23. The van der Waals surface area contributed by atoms with Crippen molar-refractivity contribution >= 4 is 22.2 Å². The van der Waals surface area contributed by atoms with Crippen LogP contribution in [0.1, 0.15) is 22.5 Å². The molecule has 1 aromatic carbocycles. The first-order valence-corrected chi connectivity index (χ1v) is 10.0. The van der Waals surface area contributed by atoms with Gasteiger partial charge in [-0.25, -0.2) is 4.98 Å². The van der Waals surface area contributed by atoms with E-state index in [2.05, 4.69) is 46.1 Å². The summed E-state index contributed by atoms with van der Waals surface area (Å²) < 4.78 is 0. The number of aromatic amines is 2. The van der Waals surface area contributed by atoms with Crippen molar-refractivity contribution in [3.05, 3.63) is 74.6 Å². The molecule has 0 bridgehead atoms. The normalized spacial score (nSPS) is 14.6. The fourth-order valence-electron chi connectivity index (χ4n) is 3.91. The largest absolute Gasteiger partial charge is 0.358 e. The summed E-state index contributed by atoms with van der Waals surface area (Å²) in [7, 11) is 0. The summed E-state index contributed by atoms with van der Waals surface area (Å²) in [4.78, 5) is 27.2. The first-order chi connectivity index (χ1) is 13.2. The Bertz CT molecular complexity index is 1170. The molecule has 136 valence electrons. The summed E-state index contributed by atoms with van der Waals surface area (Å²) in [5.41, 5.74) is 5.41. The van der Waals surface area contributed by atoms with Gasteiger partial charge >= 0.3 is 0 Å². The number of aryl methyl sites for hydroxylation is 1. The van der Waals surface area contributed by atoms with Crippen molar-refractivity contribution in [2.24, 2.45) is 0 Å². The second-order valence-electron chi connectivity index (χ2n) is 7.05. The minimum Gasteiger partial charge on any atom is -0.358 e. The van der Waals surface area contributed by atoms with Gasteiger partial charge in [-0.05, 0) is 30.0 Å². The van der Waals surface area contributed by atoms with Crippen molar-refractivity contribution in [1.29, 1.82) is 0 Å². The zero-order chi connectivity index (χ0) is 18.4. The molecule has 5 rings (SSSR count). The SMILES string of the molecule is Cc1[nH]c2ccccc2c1CN1CCc2nc(-c3cccs3)[nH]c(=O)c2C1. The maximum atomic E-state index is 12.7. The van der Waals surface area contributed by atoms with Crippen molar-refractivity contribution in [3.63, 3.8) is 0 Å². The molecule has 0 unspecified atom stereocenters. The molecule has 3 aromatic heterocycles. The number of fused-ring (bicyclic) bond motifs is 2. The zero-order valence-corrected chi connectivity index (χ0v) is 15.9. The summed E-state index contributed by atoms with van der Waals surface area (Å²) in [6.45, 7) is 4.50. The topological polar surface area (TPSA) is 64.8 Å². The molecule has 4 heterocycles. The zero-order valence-electron chi connectivity index (χ0n) is 15.1. The second kappa shape index (κ2) is 6.48. The number of para-hydroxylation sites is 1. The molecule has 1 aliphatic heterocycles. The Labute approximate surface area is 160 Å². The minimum absolute atomic E-state index is 0.0104.